The molecule has 0 saturated heterocycles. The van der Waals surface area contributed by atoms with Crippen molar-refractivity contribution in [3.63, 3.8) is 0 Å². The van der Waals surface area contributed by atoms with E-state index in [2.05, 4.69) is 43.5 Å². The predicted octanol–water partition coefficient (Wildman–Crippen LogP) is 3.71. The Balaban J connectivity index is 1.59. The molecular formula is C16H28N2S. The molecule has 1 saturated carbocycles. The highest BCUT2D eigenvalue weighted by Crippen LogP contribution is 2.20. The molecule has 0 radical (unpaired) electrons. The molecule has 0 unspecified atom stereocenters. The van der Waals surface area contributed by atoms with Crippen LogP contribution in [-0.4, -0.2) is 18.1 Å². The van der Waals surface area contributed by atoms with Gasteiger partial charge in [0.2, 0.25) is 0 Å². The van der Waals surface area contributed by atoms with Crippen LogP contribution in [0.3, 0.4) is 0 Å². The third kappa shape index (κ3) is 6.55. The van der Waals surface area contributed by atoms with E-state index in [1.54, 1.807) is 0 Å². The topological polar surface area (TPSA) is 24.1 Å². The van der Waals surface area contributed by atoms with Gasteiger partial charge in [-0.05, 0) is 71.6 Å². The zero-order valence-corrected chi connectivity index (χ0v) is 13.4. The van der Waals surface area contributed by atoms with Crippen LogP contribution in [0.4, 0.5) is 0 Å². The number of hydrogen-bond acceptors (Lipinski definition) is 3. The minimum Gasteiger partial charge on any atom is -0.314 e. The molecule has 1 heterocycles. The van der Waals surface area contributed by atoms with E-state index in [0.29, 0.717) is 0 Å². The summed E-state index contributed by atoms with van der Waals surface area (Å²) in [6.07, 6.45) is 6.66. The maximum absolute atomic E-state index is 3.58. The lowest BCUT2D eigenvalue weighted by Crippen LogP contribution is -2.34. The van der Waals surface area contributed by atoms with Crippen molar-refractivity contribution in [2.24, 2.45) is 0 Å². The molecule has 1 aliphatic carbocycles. The SMILES string of the molecule is CC(C)(C)NCc1ccc(CCCCNC2CC2)s1. The lowest BCUT2D eigenvalue weighted by atomic mass is 10.1. The molecule has 2 rings (SSSR count). The first-order chi connectivity index (χ1) is 9.03. The lowest BCUT2D eigenvalue weighted by Gasteiger charge is -2.19. The van der Waals surface area contributed by atoms with Crippen LogP contribution in [0.15, 0.2) is 12.1 Å². The standard InChI is InChI=1S/C16H28N2S/c1-16(2,3)18-12-15-10-9-14(19-15)6-4-5-11-17-13-7-8-13/h9-10,13,17-18H,4-8,11-12H2,1-3H3. The van der Waals surface area contributed by atoms with Crippen LogP contribution in [-0.2, 0) is 13.0 Å². The van der Waals surface area contributed by atoms with Gasteiger partial charge < -0.3 is 10.6 Å². The van der Waals surface area contributed by atoms with Crippen molar-refractivity contribution in [2.45, 2.75) is 71.0 Å². The van der Waals surface area contributed by atoms with Gasteiger partial charge in [0.1, 0.15) is 0 Å². The average Bonchev–Trinajstić information content (AvgIpc) is 3.04. The predicted molar refractivity (Wildman–Crippen MR) is 84.9 cm³/mol. The van der Waals surface area contributed by atoms with Crippen LogP contribution >= 0.6 is 11.3 Å². The van der Waals surface area contributed by atoms with Crippen LogP contribution in [0.1, 0.15) is 56.2 Å². The molecule has 1 aromatic rings. The van der Waals surface area contributed by atoms with E-state index in [0.717, 1.165) is 12.6 Å². The van der Waals surface area contributed by atoms with Crippen molar-refractivity contribution in [1.29, 1.82) is 0 Å². The number of hydrogen-bond donors (Lipinski definition) is 2. The Morgan fingerprint density at radius 2 is 1.89 bits per heavy atom. The highest BCUT2D eigenvalue weighted by atomic mass is 32.1. The molecular weight excluding hydrogens is 252 g/mol. The van der Waals surface area contributed by atoms with Gasteiger partial charge in [-0.15, -0.1) is 11.3 Å². The average molecular weight is 280 g/mol. The van der Waals surface area contributed by atoms with Crippen LogP contribution in [0, 0.1) is 0 Å². The molecule has 2 nitrogen and oxygen atoms in total. The van der Waals surface area contributed by atoms with Gasteiger partial charge >= 0.3 is 0 Å². The van der Waals surface area contributed by atoms with Crippen LogP contribution in [0.25, 0.3) is 0 Å². The zero-order chi connectivity index (χ0) is 13.7. The molecule has 19 heavy (non-hydrogen) atoms. The zero-order valence-electron chi connectivity index (χ0n) is 12.6. The lowest BCUT2D eigenvalue weighted by molar-refractivity contribution is 0.426. The summed E-state index contributed by atoms with van der Waals surface area (Å²) in [6.45, 7) is 8.85. The van der Waals surface area contributed by atoms with Crippen LogP contribution < -0.4 is 10.6 Å². The third-order valence-electron chi connectivity index (χ3n) is 3.37. The van der Waals surface area contributed by atoms with E-state index >= 15 is 0 Å². The van der Waals surface area contributed by atoms with Crippen molar-refractivity contribution < 1.29 is 0 Å². The molecule has 0 bridgehead atoms. The minimum absolute atomic E-state index is 0.207. The first-order valence-electron chi connectivity index (χ1n) is 7.59. The first kappa shape index (κ1) is 15.0. The number of nitrogens with one attached hydrogen (secondary N) is 2. The smallest absolute Gasteiger partial charge is 0.0304 e. The second kappa shape index (κ2) is 6.87. The van der Waals surface area contributed by atoms with E-state index in [1.807, 2.05) is 11.3 Å². The van der Waals surface area contributed by atoms with Crippen molar-refractivity contribution in [3.05, 3.63) is 21.9 Å². The summed E-state index contributed by atoms with van der Waals surface area (Å²) in [5, 5.41) is 7.13. The van der Waals surface area contributed by atoms with Gasteiger partial charge in [0, 0.05) is 27.9 Å². The molecule has 3 heteroatoms. The minimum atomic E-state index is 0.207. The maximum atomic E-state index is 3.58. The summed E-state index contributed by atoms with van der Waals surface area (Å²) >= 11 is 1.97. The first-order valence-corrected chi connectivity index (χ1v) is 8.40. The van der Waals surface area contributed by atoms with Gasteiger partial charge in [0.15, 0.2) is 0 Å². The summed E-state index contributed by atoms with van der Waals surface area (Å²) in [7, 11) is 0. The molecule has 0 aliphatic heterocycles. The number of rotatable bonds is 8. The summed E-state index contributed by atoms with van der Waals surface area (Å²) in [4.78, 5) is 3.00. The molecule has 0 aromatic carbocycles. The Hall–Kier alpha value is -0.380. The van der Waals surface area contributed by atoms with Crippen LogP contribution in [0.5, 0.6) is 0 Å². The Labute approximate surface area is 122 Å². The van der Waals surface area contributed by atoms with E-state index in [4.69, 9.17) is 0 Å². The van der Waals surface area contributed by atoms with Crippen molar-refractivity contribution >= 4 is 11.3 Å². The van der Waals surface area contributed by atoms with Gasteiger partial charge in [-0.2, -0.15) is 0 Å². The molecule has 1 aliphatic rings. The largest absolute Gasteiger partial charge is 0.314 e. The summed E-state index contributed by atoms with van der Waals surface area (Å²) in [5.74, 6) is 0. The van der Waals surface area contributed by atoms with Gasteiger partial charge in [-0.3, -0.25) is 0 Å². The van der Waals surface area contributed by atoms with E-state index in [9.17, 15) is 0 Å². The van der Waals surface area contributed by atoms with Crippen LogP contribution in [0.2, 0.25) is 0 Å². The monoisotopic (exact) mass is 280 g/mol. The van der Waals surface area contributed by atoms with E-state index in [-0.39, 0.29) is 5.54 Å². The molecule has 0 atom stereocenters. The Morgan fingerprint density at radius 1 is 1.16 bits per heavy atom. The van der Waals surface area contributed by atoms with E-state index in [1.165, 1.54) is 48.4 Å². The fourth-order valence-electron chi connectivity index (χ4n) is 2.02. The van der Waals surface area contributed by atoms with Crippen molar-refractivity contribution in [3.8, 4) is 0 Å². The fraction of sp³-hybridized carbons (Fsp3) is 0.750. The second-order valence-electron chi connectivity index (χ2n) is 6.66. The maximum Gasteiger partial charge on any atom is 0.0304 e. The number of thiophene rings is 1. The highest BCUT2D eigenvalue weighted by molar-refractivity contribution is 7.11. The highest BCUT2D eigenvalue weighted by Gasteiger charge is 2.19. The van der Waals surface area contributed by atoms with Gasteiger partial charge in [0.25, 0.3) is 0 Å². The molecule has 0 amide bonds. The van der Waals surface area contributed by atoms with Gasteiger partial charge in [-0.25, -0.2) is 0 Å². The normalized spacial score (nSPS) is 15.9. The molecule has 1 aromatic heterocycles. The Kier molecular flexibility index (Phi) is 5.43. The van der Waals surface area contributed by atoms with E-state index < -0.39 is 0 Å². The number of unbranched alkanes of at least 4 members (excludes halogenated alkanes) is 1. The molecule has 2 N–H and O–H groups in total. The summed E-state index contributed by atoms with van der Waals surface area (Å²) in [6, 6.07) is 5.44. The Morgan fingerprint density at radius 3 is 2.58 bits per heavy atom. The number of aryl methyl sites for hydroxylation is 1. The molecule has 108 valence electrons. The summed E-state index contributed by atoms with van der Waals surface area (Å²) < 4.78 is 0. The van der Waals surface area contributed by atoms with Crippen molar-refractivity contribution in [1.82, 2.24) is 10.6 Å². The van der Waals surface area contributed by atoms with Gasteiger partial charge in [-0.1, -0.05) is 0 Å². The Bertz CT molecular complexity index is 374. The third-order valence-corrected chi connectivity index (χ3v) is 4.52. The fourth-order valence-corrected chi connectivity index (χ4v) is 3.02. The van der Waals surface area contributed by atoms with Gasteiger partial charge in [0.05, 0.1) is 0 Å². The van der Waals surface area contributed by atoms with Crippen molar-refractivity contribution in [2.75, 3.05) is 6.54 Å². The quantitative estimate of drug-likeness (QED) is 0.709. The summed E-state index contributed by atoms with van der Waals surface area (Å²) in [5.41, 5.74) is 0.207. The molecule has 0 spiro atoms. The molecule has 1 fully saturated rings. The second-order valence-corrected chi connectivity index (χ2v) is 7.91.